The smallest absolute Gasteiger partial charge is 0.134 e. The molecule has 0 aromatic carbocycles. The lowest BCUT2D eigenvalue weighted by molar-refractivity contribution is 0.978. The highest BCUT2D eigenvalue weighted by Crippen LogP contribution is 2.11. The Morgan fingerprint density at radius 2 is 2.00 bits per heavy atom. The van der Waals surface area contributed by atoms with Crippen LogP contribution in [-0.2, 0) is 6.42 Å². The molecule has 1 N–H and O–H groups in total. The van der Waals surface area contributed by atoms with Gasteiger partial charge in [-0.25, -0.2) is 9.97 Å². The van der Waals surface area contributed by atoms with Gasteiger partial charge in [0.25, 0.3) is 0 Å². The predicted octanol–water partition coefficient (Wildman–Crippen LogP) is 2.49. The fourth-order valence-corrected chi connectivity index (χ4v) is 1.73. The van der Waals surface area contributed by atoms with Crippen LogP contribution in [0.25, 0.3) is 0 Å². The average molecular weight is 249 g/mol. The van der Waals surface area contributed by atoms with Crippen LogP contribution in [-0.4, -0.2) is 21.5 Å². The number of hydrogen-bond acceptors (Lipinski definition) is 4. The maximum atomic E-state index is 5.85. The quantitative estimate of drug-likeness (QED) is 0.845. The molecule has 17 heavy (non-hydrogen) atoms. The van der Waals surface area contributed by atoms with E-state index in [0.29, 0.717) is 11.0 Å². The second kappa shape index (κ2) is 5.59. The van der Waals surface area contributed by atoms with Gasteiger partial charge in [-0.1, -0.05) is 11.6 Å². The molecule has 0 aliphatic heterocycles. The van der Waals surface area contributed by atoms with E-state index < -0.39 is 0 Å². The van der Waals surface area contributed by atoms with Crippen molar-refractivity contribution in [2.45, 2.75) is 13.3 Å². The Morgan fingerprint density at radius 1 is 1.24 bits per heavy atom. The summed E-state index contributed by atoms with van der Waals surface area (Å²) in [6, 6.07) is 5.72. The van der Waals surface area contributed by atoms with E-state index in [1.54, 1.807) is 18.5 Å². The first-order chi connectivity index (χ1) is 8.24. The number of hydrogen-bond donors (Lipinski definition) is 1. The Hall–Kier alpha value is -1.68. The van der Waals surface area contributed by atoms with Crippen molar-refractivity contribution in [3.8, 4) is 0 Å². The zero-order valence-corrected chi connectivity index (χ0v) is 10.3. The van der Waals surface area contributed by atoms with E-state index in [1.165, 1.54) is 5.56 Å². The van der Waals surface area contributed by atoms with Gasteiger partial charge in [0.05, 0.1) is 0 Å². The van der Waals surface area contributed by atoms with E-state index in [9.17, 15) is 0 Å². The minimum Gasteiger partial charge on any atom is -0.370 e. The van der Waals surface area contributed by atoms with Crippen LogP contribution in [0.2, 0.25) is 5.15 Å². The van der Waals surface area contributed by atoms with Crippen molar-refractivity contribution in [3.05, 3.63) is 47.1 Å². The van der Waals surface area contributed by atoms with E-state index in [4.69, 9.17) is 11.6 Å². The summed E-state index contributed by atoms with van der Waals surface area (Å²) in [7, 11) is 0. The van der Waals surface area contributed by atoms with E-state index in [1.807, 2.05) is 19.1 Å². The molecule has 0 fully saturated rings. The number of aromatic nitrogens is 3. The highest BCUT2D eigenvalue weighted by atomic mass is 35.5. The van der Waals surface area contributed by atoms with Crippen molar-refractivity contribution in [3.63, 3.8) is 0 Å². The number of aryl methyl sites for hydroxylation is 1. The van der Waals surface area contributed by atoms with Crippen LogP contribution in [0.4, 0.5) is 5.82 Å². The van der Waals surface area contributed by atoms with Crippen molar-refractivity contribution >= 4 is 17.4 Å². The molecule has 5 heteroatoms. The number of rotatable bonds is 4. The lowest BCUT2D eigenvalue weighted by atomic mass is 10.2. The second-order valence-electron chi connectivity index (χ2n) is 3.66. The summed E-state index contributed by atoms with van der Waals surface area (Å²) >= 11 is 5.85. The number of nitrogens with zero attached hydrogens (tertiary/aromatic N) is 3. The molecule has 0 amide bonds. The molecular formula is C12H13ClN4. The van der Waals surface area contributed by atoms with Gasteiger partial charge in [-0.15, -0.1) is 0 Å². The monoisotopic (exact) mass is 248 g/mol. The molecule has 0 unspecified atom stereocenters. The van der Waals surface area contributed by atoms with Gasteiger partial charge < -0.3 is 5.32 Å². The van der Waals surface area contributed by atoms with Crippen molar-refractivity contribution in [1.82, 2.24) is 15.0 Å². The topological polar surface area (TPSA) is 50.7 Å². The summed E-state index contributed by atoms with van der Waals surface area (Å²) in [6.07, 6.45) is 4.51. The zero-order chi connectivity index (χ0) is 12.1. The number of halogens is 1. The van der Waals surface area contributed by atoms with Gasteiger partial charge in [0.1, 0.15) is 16.8 Å². The lowest BCUT2D eigenvalue weighted by Crippen LogP contribution is -2.07. The standard InChI is InChI=1S/C12H13ClN4/c1-9-16-11(13)8-12(17-9)15-7-4-10-2-5-14-6-3-10/h2-3,5-6,8H,4,7H2,1H3,(H,15,16,17). The van der Waals surface area contributed by atoms with E-state index >= 15 is 0 Å². The maximum absolute atomic E-state index is 5.85. The van der Waals surface area contributed by atoms with Crippen molar-refractivity contribution in [2.75, 3.05) is 11.9 Å². The highest BCUT2D eigenvalue weighted by Gasteiger charge is 1.99. The number of pyridine rings is 1. The van der Waals surface area contributed by atoms with Gasteiger partial charge in [-0.3, -0.25) is 4.98 Å². The Labute approximate surface area is 105 Å². The van der Waals surface area contributed by atoms with Crippen LogP contribution >= 0.6 is 11.6 Å². The molecule has 0 spiro atoms. The molecule has 2 aromatic heterocycles. The van der Waals surface area contributed by atoms with Gasteiger partial charge in [-0.05, 0) is 31.0 Å². The van der Waals surface area contributed by atoms with Gasteiger partial charge in [0.2, 0.25) is 0 Å². The van der Waals surface area contributed by atoms with Crippen molar-refractivity contribution in [1.29, 1.82) is 0 Å². The molecule has 0 radical (unpaired) electrons. The van der Waals surface area contributed by atoms with E-state index in [2.05, 4.69) is 20.3 Å². The molecule has 2 heterocycles. The third-order valence-corrected chi connectivity index (χ3v) is 2.47. The van der Waals surface area contributed by atoms with Gasteiger partial charge in [0.15, 0.2) is 0 Å². The fraction of sp³-hybridized carbons (Fsp3) is 0.250. The normalized spacial score (nSPS) is 10.2. The summed E-state index contributed by atoms with van der Waals surface area (Å²) in [6.45, 7) is 2.62. The molecule has 0 aliphatic carbocycles. The van der Waals surface area contributed by atoms with Gasteiger partial charge in [-0.2, -0.15) is 0 Å². The number of anilines is 1. The van der Waals surface area contributed by atoms with Crippen LogP contribution in [0.1, 0.15) is 11.4 Å². The van der Waals surface area contributed by atoms with Crippen LogP contribution in [0.5, 0.6) is 0 Å². The molecule has 0 saturated heterocycles. The SMILES string of the molecule is Cc1nc(Cl)cc(NCCc2ccncc2)n1. The molecule has 2 rings (SSSR count). The minimum absolute atomic E-state index is 0.462. The first-order valence-electron chi connectivity index (χ1n) is 5.38. The summed E-state index contributed by atoms with van der Waals surface area (Å²) in [5, 5.41) is 3.68. The maximum Gasteiger partial charge on any atom is 0.134 e. The second-order valence-corrected chi connectivity index (χ2v) is 4.04. The summed E-state index contributed by atoms with van der Waals surface area (Å²) < 4.78 is 0. The largest absolute Gasteiger partial charge is 0.370 e. The highest BCUT2D eigenvalue weighted by molar-refractivity contribution is 6.29. The molecule has 0 aliphatic rings. The van der Waals surface area contributed by atoms with Crippen LogP contribution < -0.4 is 5.32 Å². The molecule has 2 aromatic rings. The Morgan fingerprint density at radius 3 is 2.71 bits per heavy atom. The fourth-order valence-electron chi connectivity index (χ4n) is 1.51. The van der Waals surface area contributed by atoms with Gasteiger partial charge in [0, 0.05) is 25.0 Å². The van der Waals surface area contributed by atoms with Gasteiger partial charge >= 0.3 is 0 Å². The first-order valence-corrected chi connectivity index (χ1v) is 5.76. The first kappa shape index (κ1) is 11.8. The van der Waals surface area contributed by atoms with E-state index in [0.717, 1.165) is 18.8 Å². The molecular weight excluding hydrogens is 236 g/mol. The van der Waals surface area contributed by atoms with Crippen LogP contribution in [0.15, 0.2) is 30.6 Å². The third kappa shape index (κ3) is 3.67. The Bertz CT molecular complexity index is 467. The minimum atomic E-state index is 0.462. The molecule has 4 nitrogen and oxygen atoms in total. The lowest BCUT2D eigenvalue weighted by Gasteiger charge is -2.06. The van der Waals surface area contributed by atoms with Crippen LogP contribution in [0.3, 0.4) is 0 Å². The number of nitrogens with one attached hydrogen (secondary N) is 1. The zero-order valence-electron chi connectivity index (χ0n) is 9.52. The Balaban J connectivity index is 1.90. The molecule has 0 atom stereocenters. The molecule has 0 bridgehead atoms. The average Bonchev–Trinajstić information content (AvgIpc) is 2.29. The third-order valence-electron chi connectivity index (χ3n) is 2.28. The summed E-state index contributed by atoms with van der Waals surface area (Å²) in [5.41, 5.74) is 1.24. The van der Waals surface area contributed by atoms with E-state index in [-0.39, 0.29) is 0 Å². The van der Waals surface area contributed by atoms with Crippen molar-refractivity contribution < 1.29 is 0 Å². The summed E-state index contributed by atoms with van der Waals surface area (Å²) in [4.78, 5) is 12.2. The molecule has 0 saturated carbocycles. The van der Waals surface area contributed by atoms with Crippen LogP contribution in [0, 0.1) is 6.92 Å². The van der Waals surface area contributed by atoms with Crippen molar-refractivity contribution in [2.24, 2.45) is 0 Å². The Kier molecular flexibility index (Phi) is 3.88. The predicted molar refractivity (Wildman–Crippen MR) is 68.2 cm³/mol. The summed E-state index contributed by atoms with van der Waals surface area (Å²) in [5.74, 6) is 1.43. The molecule has 88 valence electrons.